The van der Waals surface area contributed by atoms with Crippen molar-refractivity contribution in [3.05, 3.63) is 486 Å². The summed E-state index contributed by atoms with van der Waals surface area (Å²) in [6.07, 6.45) is 1.93. The molecule has 0 saturated heterocycles. The van der Waals surface area contributed by atoms with Gasteiger partial charge in [0.1, 0.15) is 22.3 Å². The van der Waals surface area contributed by atoms with Gasteiger partial charge in [0.25, 0.3) is 0 Å². The van der Waals surface area contributed by atoms with Crippen molar-refractivity contribution < 1.29 is 14.3 Å². The van der Waals surface area contributed by atoms with Crippen molar-refractivity contribution in [3.63, 3.8) is 0 Å². The van der Waals surface area contributed by atoms with E-state index in [1.165, 1.54) is 98.1 Å². The molecule has 0 unspecified atom stereocenters. The number of rotatable bonds is 13. The van der Waals surface area contributed by atoms with Crippen LogP contribution < -0.4 is 16.0 Å². The lowest BCUT2D eigenvalue weighted by atomic mass is 9.67. The van der Waals surface area contributed by atoms with E-state index < -0.39 is 10.8 Å². The number of furan rings is 2. The predicted molar refractivity (Wildman–Crippen MR) is 529 cm³/mol. The first-order chi connectivity index (χ1) is 61.3. The Balaban J connectivity index is 0.000000123. The van der Waals surface area contributed by atoms with Gasteiger partial charge < -0.3 is 24.8 Å². The summed E-state index contributed by atoms with van der Waals surface area (Å²) in [7, 11) is 0. The molecule has 5 nitrogen and oxygen atoms in total. The van der Waals surface area contributed by atoms with Crippen molar-refractivity contribution in [2.24, 2.45) is 0 Å². The van der Waals surface area contributed by atoms with Crippen LogP contribution in [0.2, 0.25) is 0 Å². The van der Waals surface area contributed by atoms with Crippen LogP contribution in [-0.4, -0.2) is 0 Å². The van der Waals surface area contributed by atoms with E-state index in [1.807, 2.05) is 91.0 Å². The highest BCUT2D eigenvalue weighted by Gasteiger charge is 2.48. The van der Waals surface area contributed by atoms with E-state index >= 15 is 0 Å². The van der Waals surface area contributed by atoms with E-state index in [0.29, 0.717) is 11.1 Å². The fourth-order valence-corrected chi connectivity index (χ4v) is 20.8. The maximum atomic E-state index is 9.22. The lowest BCUT2D eigenvalue weighted by Crippen LogP contribution is -2.28. The van der Waals surface area contributed by atoms with Gasteiger partial charge in [0.2, 0.25) is 0 Å². The molecule has 21 aromatic rings. The van der Waals surface area contributed by atoms with E-state index in [9.17, 15) is 1.37 Å². The Kier molecular flexibility index (Phi) is 19.2. The van der Waals surface area contributed by atoms with Crippen molar-refractivity contribution >= 4 is 116 Å². The zero-order valence-corrected chi connectivity index (χ0v) is 67.4. The predicted octanol–water partition coefficient (Wildman–Crippen LogP) is 33.4. The number of para-hydroxylation sites is 2. The number of anilines is 6. The second-order valence-corrected chi connectivity index (χ2v) is 33.1. The van der Waals surface area contributed by atoms with E-state index in [0.717, 1.165) is 106 Å². The average molecular weight is 1620 g/mol. The molecule has 0 spiro atoms. The molecule has 0 radical (unpaired) electrons. The van der Waals surface area contributed by atoms with Crippen LogP contribution in [0.15, 0.2) is 434 Å². The zero-order valence-electron chi connectivity index (χ0n) is 70.5. The maximum absolute atomic E-state index is 9.22. The normalized spacial score (nSPS) is 13.4. The third-order valence-electron chi connectivity index (χ3n) is 25.0. The molecule has 18 aromatic carbocycles. The number of hydrogen-bond donors (Lipinski definition) is 3. The van der Waals surface area contributed by atoms with Crippen molar-refractivity contribution in [2.75, 3.05) is 16.0 Å². The Morgan fingerprint density at radius 1 is 0.290 bits per heavy atom. The highest BCUT2D eigenvalue weighted by atomic mass is 32.1. The molecule has 3 aromatic heterocycles. The highest BCUT2D eigenvalue weighted by Crippen LogP contribution is 2.60. The van der Waals surface area contributed by atoms with Crippen LogP contribution in [0.3, 0.4) is 0 Å². The van der Waals surface area contributed by atoms with Gasteiger partial charge >= 0.3 is 0 Å². The number of benzene rings is 18. The Morgan fingerprint density at radius 3 is 1.33 bits per heavy atom. The van der Waals surface area contributed by atoms with Gasteiger partial charge in [0.05, 0.1) is 27.4 Å². The fourth-order valence-electron chi connectivity index (χ4n) is 19.7. The van der Waals surface area contributed by atoms with Gasteiger partial charge in [-0.1, -0.05) is 364 Å². The summed E-state index contributed by atoms with van der Waals surface area (Å²) in [6, 6.07) is 138. The van der Waals surface area contributed by atoms with Crippen LogP contribution in [-0.2, 0) is 16.2 Å². The van der Waals surface area contributed by atoms with Gasteiger partial charge in [-0.25, -0.2) is 0 Å². The van der Waals surface area contributed by atoms with E-state index in [4.69, 9.17) is 12.9 Å². The molecule has 6 heteroatoms. The van der Waals surface area contributed by atoms with Gasteiger partial charge in [-0.3, -0.25) is 0 Å². The summed E-state index contributed by atoms with van der Waals surface area (Å²) >= 11 is 1.78. The third-order valence-corrected chi connectivity index (χ3v) is 26.1. The summed E-state index contributed by atoms with van der Waals surface area (Å²) in [6.45, 7) is 8.70. The minimum Gasteiger partial charge on any atom is -0.456 e. The molecular weight excluding hydrogens is 1520 g/mol. The van der Waals surface area contributed by atoms with Gasteiger partial charge in [0, 0.05) is 70.2 Å². The van der Waals surface area contributed by atoms with Gasteiger partial charge in [-0.15, -0.1) is 11.3 Å². The van der Waals surface area contributed by atoms with Crippen molar-refractivity contribution in [3.8, 4) is 55.6 Å². The van der Waals surface area contributed by atoms with Crippen LogP contribution in [0.25, 0.3) is 126 Å². The van der Waals surface area contributed by atoms with Gasteiger partial charge in [0.15, 0.2) is 0 Å². The van der Waals surface area contributed by atoms with E-state index in [-0.39, 0.29) is 51.9 Å². The molecule has 3 heterocycles. The number of thiophene rings is 1. The molecule has 0 fully saturated rings. The third kappa shape index (κ3) is 12.9. The van der Waals surface area contributed by atoms with Gasteiger partial charge in [-0.05, 0) is 220 Å². The summed E-state index contributed by atoms with van der Waals surface area (Å²) in [5.74, 6) is 0. The number of fused-ring (bicyclic) bond motifs is 18. The molecule has 598 valence electrons. The summed E-state index contributed by atoms with van der Waals surface area (Å²) in [5.41, 5.74) is 31.9. The molecular formula is C118H93N3O2S. The molecule has 3 aliphatic rings. The topological polar surface area (TPSA) is 62.4 Å². The first kappa shape index (κ1) is 74.0. The summed E-state index contributed by atoms with van der Waals surface area (Å²) in [5, 5.41) is 18.1. The monoisotopic (exact) mass is 1620 g/mol. The molecule has 0 saturated carbocycles. The Labute approximate surface area is 735 Å². The van der Waals surface area contributed by atoms with Gasteiger partial charge in [-0.2, -0.15) is 0 Å². The van der Waals surface area contributed by atoms with Crippen LogP contribution in [0.4, 0.5) is 34.1 Å². The van der Waals surface area contributed by atoms with Crippen LogP contribution in [0, 0.1) is 0 Å². The Morgan fingerprint density at radius 2 is 0.718 bits per heavy atom. The zero-order chi connectivity index (χ0) is 84.2. The molecule has 24 rings (SSSR count). The van der Waals surface area contributed by atoms with Crippen molar-refractivity contribution in [1.82, 2.24) is 0 Å². The van der Waals surface area contributed by atoms with E-state index in [1.54, 1.807) is 11.3 Å². The lowest BCUT2D eigenvalue weighted by Gasteiger charge is -2.34. The number of hydrogen-bond acceptors (Lipinski definition) is 6. The summed E-state index contributed by atoms with van der Waals surface area (Å²) in [4.78, 5) is 0. The average Bonchev–Trinajstić information content (AvgIpc) is 1.52. The molecule has 0 atom stereocenters. The first-order valence-electron chi connectivity index (χ1n) is 43.2. The molecule has 0 aliphatic heterocycles. The molecule has 0 amide bonds. The maximum Gasteiger partial charge on any atom is 0.137 e. The minimum atomic E-state index is -0.942. The highest BCUT2D eigenvalue weighted by molar-refractivity contribution is 7.26. The van der Waals surface area contributed by atoms with Crippen LogP contribution in [0.5, 0.6) is 0 Å². The molecule has 3 N–H and O–H groups in total. The molecule has 0 bridgehead atoms. The van der Waals surface area contributed by atoms with Crippen LogP contribution >= 0.6 is 11.3 Å². The quantitative estimate of drug-likeness (QED) is 0.107. The second-order valence-electron chi connectivity index (χ2n) is 32.0. The number of nitrogens with one attached hydrogen (secondary N) is 3. The van der Waals surface area contributed by atoms with Crippen LogP contribution in [0.1, 0.15) is 103 Å². The van der Waals surface area contributed by atoms with E-state index in [2.05, 4.69) is 346 Å². The smallest absolute Gasteiger partial charge is 0.137 e. The SMILES string of the molecule is C.C.C.C=Cc1ccc2c(c1)-c1ccc(Nc3cccc4oc5ccccc5c34)cc1C2(c1ccccc1)c1ccccc1.CC1(C)c2ccccc2-c2ccc(Nc3ccc(-c4cccc5oc6ccccc6c45)c(-c4ccccc4)c3)cc21.[2H]c1c([2H])c([2H])c2c(c1[2H])-c1ccc(Nc3cccc4sc5ccccc5c34)cc1C2(c1ccccc1)c1ccccc1. The Bertz CT molecular complexity index is 7790. The Hall–Kier alpha value is -15.1. The standard InChI is InChI=1S/C39H29NO.C39H27NO.C37H25NS.3CH4/c1-39(2)34-16-8-6-13-29(34)30-22-20-27(24-35(30)39)40-26-19-21-28(33(23-26)25-11-4-3-5-12-25)31-15-10-18-37-38(31)32-14-7-9-17-36(32)41-37;1-2-26-20-23-33-32(24-26)30-22-21-29(40-35-17-11-19-37-38(35)31-16-9-10-18-36(31)41-37)25-34(30)39(33,27-12-5-3-6-13-27)28-14-7-4-8-15-28;1-3-12-25(13-4-1)37(26-14-5-2-6-15-26)31-18-9-7-16-28(31)29-23-22-27(24-32(29)37)38-33-19-11-21-35-36(33)30-17-8-10-20-34(30)39-35;;;/h3-24,40H,1-2H3;2-25,40H,1H2;1-24,38H;3*1H4/i;;7D,9D,16D,18D;;;. The molecule has 3 aliphatic carbocycles. The summed E-state index contributed by atoms with van der Waals surface area (Å²) < 4.78 is 50.3. The lowest BCUT2D eigenvalue weighted by molar-refractivity contribution is 0.660. The molecule has 124 heavy (non-hydrogen) atoms. The first-order valence-corrected chi connectivity index (χ1v) is 42.0. The second kappa shape index (κ2) is 32.1. The van der Waals surface area contributed by atoms with Crippen molar-refractivity contribution in [1.29, 1.82) is 0 Å². The fraction of sp³-hybridized carbons (Fsp3) is 0.0678. The van der Waals surface area contributed by atoms with Crippen molar-refractivity contribution in [2.45, 2.75) is 52.4 Å². The largest absolute Gasteiger partial charge is 0.456 e. The minimum absolute atomic E-state index is 0.